The van der Waals surface area contributed by atoms with Gasteiger partial charge in [0.2, 0.25) is 0 Å². The summed E-state index contributed by atoms with van der Waals surface area (Å²) in [7, 11) is 0. The molecule has 1 heterocycles. The van der Waals surface area contributed by atoms with Crippen LogP contribution in [0.15, 0.2) is 18.2 Å². The average molecular weight is 259 g/mol. The van der Waals surface area contributed by atoms with Gasteiger partial charge in [-0.05, 0) is 38.3 Å². The first kappa shape index (κ1) is 13.5. The van der Waals surface area contributed by atoms with Crippen LogP contribution in [0.25, 0.3) is 0 Å². The third-order valence-electron chi connectivity index (χ3n) is 3.75. The van der Waals surface area contributed by atoms with E-state index in [2.05, 4.69) is 11.0 Å². The fourth-order valence-corrected chi connectivity index (χ4v) is 2.58. The standard InChI is InChI=1S/C14H17N3O2/c1-11-12(5-4-7-14(11)17(18)19)10-16-8-3-2-6-13(16)9-15/h4-5,7,13H,2-3,6,8,10H2,1H3. The number of nitro benzene ring substituents is 1. The molecule has 1 atom stereocenters. The lowest BCUT2D eigenvalue weighted by Crippen LogP contribution is -2.38. The van der Waals surface area contributed by atoms with Gasteiger partial charge >= 0.3 is 0 Å². The van der Waals surface area contributed by atoms with Gasteiger partial charge in [0.25, 0.3) is 5.69 Å². The maximum atomic E-state index is 10.9. The Hall–Kier alpha value is -1.93. The summed E-state index contributed by atoms with van der Waals surface area (Å²) in [6, 6.07) is 7.41. The molecule has 0 N–H and O–H groups in total. The van der Waals surface area contributed by atoms with E-state index in [-0.39, 0.29) is 16.7 Å². The molecule has 0 bridgehead atoms. The largest absolute Gasteiger partial charge is 0.284 e. The minimum absolute atomic E-state index is 0.0626. The molecule has 1 aliphatic rings. The lowest BCUT2D eigenvalue weighted by molar-refractivity contribution is -0.385. The highest BCUT2D eigenvalue weighted by molar-refractivity contribution is 5.44. The highest BCUT2D eigenvalue weighted by Crippen LogP contribution is 2.25. The summed E-state index contributed by atoms with van der Waals surface area (Å²) in [5, 5.41) is 20.1. The van der Waals surface area contributed by atoms with Crippen LogP contribution in [-0.2, 0) is 6.54 Å². The van der Waals surface area contributed by atoms with E-state index in [9.17, 15) is 10.1 Å². The number of benzene rings is 1. The Bertz CT molecular complexity index is 522. The predicted molar refractivity (Wildman–Crippen MR) is 71.5 cm³/mol. The van der Waals surface area contributed by atoms with Crippen molar-refractivity contribution >= 4 is 5.69 Å². The van der Waals surface area contributed by atoms with E-state index in [4.69, 9.17) is 5.26 Å². The zero-order valence-electron chi connectivity index (χ0n) is 11.0. The van der Waals surface area contributed by atoms with Crippen LogP contribution >= 0.6 is 0 Å². The van der Waals surface area contributed by atoms with Crippen molar-refractivity contribution in [2.45, 2.75) is 38.8 Å². The van der Waals surface area contributed by atoms with Gasteiger partial charge in [0.1, 0.15) is 0 Å². The molecule has 0 saturated carbocycles. The molecule has 5 heteroatoms. The molecule has 0 radical (unpaired) electrons. The number of piperidine rings is 1. The second-order valence-corrected chi connectivity index (χ2v) is 4.93. The van der Waals surface area contributed by atoms with Crippen molar-refractivity contribution in [2.75, 3.05) is 6.54 Å². The van der Waals surface area contributed by atoms with E-state index in [0.717, 1.165) is 31.4 Å². The third kappa shape index (κ3) is 2.91. The molecular weight excluding hydrogens is 242 g/mol. The molecule has 2 rings (SSSR count). The number of rotatable bonds is 3. The molecule has 0 aliphatic carbocycles. The molecule has 0 aromatic heterocycles. The van der Waals surface area contributed by atoms with E-state index in [1.807, 2.05) is 6.07 Å². The van der Waals surface area contributed by atoms with Crippen molar-refractivity contribution in [3.05, 3.63) is 39.4 Å². The number of nitriles is 1. The van der Waals surface area contributed by atoms with E-state index in [1.54, 1.807) is 13.0 Å². The van der Waals surface area contributed by atoms with E-state index in [0.29, 0.717) is 12.1 Å². The molecule has 1 saturated heterocycles. The third-order valence-corrected chi connectivity index (χ3v) is 3.75. The smallest absolute Gasteiger partial charge is 0.272 e. The number of hydrogen-bond acceptors (Lipinski definition) is 4. The first-order valence-electron chi connectivity index (χ1n) is 6.50. The summed E-state index contributed by atoms with van der Waals surface area (Å²) in [6.45, 7) is 3.28. The molecule has 0 spiro atoms. The Morgan fingerprint density at radius 1 is 1.53 bits per heavy atom. The first-order valence-corrected chi connectivity index (χ1v) is 6.50. The Labute approximate surface area is 112 Å². The molecule has 1 aromatic carbocycles. The van der Waals surface area contributed by atoms with Crippen LogP contribution in [0.1, 0.15) is 30.4 Å². The van der Waals surface area contributed by atoms with Gasteiger partial charge in [-0.1, -0.05) is 12.1 Å². The van der Waals surface area contributed by atoms with Gasteiger partial charge in [-0.15, -0.1) is 0 Å². The van der Waals surface area contributed by atoms with Crippen molar-refractivity contribution in [2.24, 2.45) is 0 Å². The highest BCUT2D eigenvalue weighted by atomic mass is 16.6. The second-order valence-electron chi connectivity index (χ2n) is 4.93. The normalized spacial score (nSPS) is 19.9. The van der Waals surface area contributed by atoms with Crippen LogP contribution < -0.4 is 0 Å². The summed E-state index contributed by atoms with van der Waals surface area (Å²) >= 11 is 0. The summed E-state index contributed by atoms with van der Waals surface area (Å²) in [5.74, 6) is 0. The number of nitro groups is 1. The Morgan fingerprint density at radius 3 is 3.00 bits per heavy atom. The van der Waals surface area contributed by atoms with E-state index >= 15 is 0 Å². The maximum Gasteiger partial charge on any atom is 0.272 e. The number of nitrogens with zero attached hydrogens (tertiary/aromatic N) is 3. The molecule has 100 valence electrons. The van der Waals surface area contributed by atoms with E-state index in [1.165, 1.54) is 6.07 Å². The van der Waals surface area contributed by atoms with Crippen molar-refractivity contribution in [1.82, 2.24) is 4.90 Å². The first-order chi connectivity index (χ1) is 9.13. The SMILES string of the molecule is Cc1c(CN2CCCCC2C#N)cccc1[N+](=O)[O-]. The second kappa shape index (κ2) is 5.81. The van der Waals surface area contributed by atoms with Gasteiger partial charge in [0.05, 0.1) is 17.0 Å². The van der Waals surface area contributed by atoms with Gasteiger partial charge in [0, 0.05) is 18.2 Å². The van der Waals surface area contributed by atoms with E-state index < -0.39 is 0 Å². The summed E-state index contributed by atoms with van der Waals surface area (Å²) < 4.78 is 0. The fraction of sp³-hybridized carbons (Fsp3) is 0.500. The van der Waals surface area contributed by atoms with Crippen molar-refractivity contribution < 1.29 is 4.92 Å². The fourth-order valence-electron chi connectivity index (χ4n) is 2.58. The Kier molecular flexibility index (Phi) is 4.13. The van der Waals surface area contributed by atoms with Crippen LogP contribution in [0.2, 0.25) is 0 Å². The molecule has 5 nitrogen and oxygen atoms in total. The predicted octanol–water partition coefficient (Wildman–Crippen LogP) is 2.78. The molecule has 0 amide bonds. The van der Waals surface area contributed by atoms with Crippen LogP contribution in [0.5, 0.6) is 0 Å². The molecule has 1 fully saturated rings. The average Bonchev–Trinajstić information content (AvgIpc) is 2.41. The number of hydrogen-bond donors (Lipinski definition) is 0. The topological polar surface area (TPSA) is 70.2 Å². The quantitative estimate of drug-likeness (QED) is 0.618. The van der Waals surface area contributed by atoms with Crippen molar-refractivity contribution in [3.8, 4) is 6.07 Å². The summed E-state index contributed by atoms with van der Waals surface area (Å²) in [5.41, 5.74) is 1.80. The van der Waals surface area contributed by atoms with Crippen molar-refractivity contribution in [3.63, 3.8) is 0 Å². The summed E-state index contributed by atoms with van der Waals surface area (Å²) in [4.78, 5) is 12.7. The van der Waals surface area contributed by atoms with Crippen molar-refractivity contribution in [1.29, 1.82) is 5.26 Å². The molecule has 1 aromatic rings. The van der Waals surface area contributed by atoms with Gasteiger partial charge < -0.3 is 0 Å². The molecule has 19 heavy (non-hydrogen) atoms. The van der Waals surface area contributed by atoms with Crippen LogP contribution in [-0.4, -0.2) is 22.4 Å². The van der Waals surface area contributed by atoms with Gasteiger partial charge in [-0.2, -0.15) is 5.26 Å². The zero-order valence-corrected chi connectivity index (χ0v) is 11.0. The number of likely N-dealkylation sites (tertiary alicyclic amines) is 1. The minimum Gasteiger partial charge on any atom is -0.284 e. The minimum atomic E-state index is -0.350. The van der Waals surface area contributed by atoms with Gasteiger partial charge in [0.15, 0.2) is 0 Å². The van der Waals surface area contributed by atoms with Crippen LogP contribution in [0.4, 0.5) is 5.69 Å². The Balaban J connectivity index is 2.21. The lowest BCUT2D eigenvalue weighted by atomic mass is 10.0. The summed E-state index contributed by atoms with van der Waals surface area (Å²) in [6.07, 6.45) is 3.07. The monoisotopic (exact) mass is 259 g/mol. The molecule has 1 aliphatic heterocycles. The molecular formula is C14H17N3O2. The Morgan fingerprint density at radius 2 is 2.32 bits per heavy atom. The zero-order chi connectivity index (χ0) is 13.8. The highest BCUT2D eigenvalue weighted by Gasteiger charge is 2.23. The maximum absolute atomic E-state index is 10.9. The van der Waals surface area contributed by atoms with Crippen LogP contribution in [0.3, 0.4) is 0 Å². The van der Waals surface area contributed by atoms with Crippen LogP contribution in [0, 0.1) is 28.4 Å². The van der Waals surface area contributed by atoms with Gasteiger partial charge in [-0.3, -0.25) is 15.0 Å². The molecule has 1 unspecified atom stereocenters. The van der Waals surface area contributed by atoms with Gasteiger partial charge in [-0.25, -0.2) is 0 Å². The lowest BCUT2D eigenvalue weighted by Gasteiger charge is -2.31.